The van der Waals surface area contributed by atoms with Crippen LogP contribution in [-0.4, -0.2) is 48.3 Å². The zero-order valence-electron chi connectivity index (χ0n) is 17.8. The summed E-state index contributed by atoms with van der Waals surface area (Å²) >= 11 is 0. The first kappa shape index (κ1) is 24.4. The van der Waals surface area contributed by atoms with Crippen LogP contribution >= 0.6 is 24.0 Å². The fourth-order valence-corrected chi connectivity index (χ4v) is 3.03. The van der Waals surface area contributed by atoms with Gasteiger partial charge in [-0.25, -0.2) is 4.68 Å². The predicted octanol–water partition coefficient (Wildman–Crippen LogP) is 2.94. The number of guanidine groups is 1. The van der Waals surface area contributed by atoms with Crippen molar-refractivity contribution in [1.29, 1.82) is 0 Å². The van der Waals surface area contributed by atoms with Crippen LogP contribution in [0.15, 0.2) is 72.0 Å². The molecule has 0 aliphatic rings. The number of rotatable bonds is 8. The van der Waals surface area contributed by atoms with Gasteiger partial charge in [-0.3, -0.25) is 9.79 Å². The minimum Gasteiger partial charge on any atom is -0.356 e. The average molecular weight is 532 g/mol. The summed E-state index contributed by atoms with van der Waals surface area (Å²) in [6.45, 7) is 3.84. The Morgan fingerprint density at radius 2 is 1.74 bits per heavy atom. The number of aryl methyl sites for hydroxylation is 1. The molecule has 0 fully saturated rings. The molecule has 2 aromatic carbocycles. The number of hydrogen-bond acceptors (Lipinski definition) is 3. The van der Waals surface area contributed by atoms with E-state index in [1.54, 1.807) is 13.2 Å². The van der Waals surface area contributed by atoms with Crippen molar-refractivity contribution in [3.63, 3.8) is 0 Å². The minimum absolute atomic E-state index is 0. The molecule has 7 nitrogen and oxygen atoms in total. The number of carbonyl (C=O) groups is 1. The van der Waals surface area contributed by atoms with Gasteiger partial charge >= 0.3 is 0 Å². The maximum Gasteiger partial charge on any atom is 0.251 e. The molecular weight excluding hydrogens is 503 g/mol. The van der Waals surface area contributed by atoms with Gasteiger partial charge in [-0.1, -0.05) is 29.8 Å². The third-order valence-electron chi connectivity index (χ3n) is 4.62. The lowest BCUT2D eigenvalue weighted by Gasteiger charge is -2.12. The SMILES string of the molecule is CN=C(NCCNC(=O)c1cccc(C)c1)NCCc1ccc(-n2cccn2)cc1.I. The van der Waals surface area contributed by atoms with Gasteiger partial charge in [0, 0.05) is 44.6 Å². The van der Waals surface area contributed by atoms with Gasteiger partial charge in [0.1, 0.15) is 0 Å². The van der Waals surface area contributed by atoms with E-state index >= 15 is 0 Å². The Morgan fingerprint density at radius 3 is 2.42 bits per heavy atom. The van der Waals surface area contributed by atoms with E-state index in [1.165, 1.54) is 5.56 Å². The highest BCUT2D eigenvalue weighted by Crippen LogP contribution is 2.08. The molecule has 0 bridgehead atoms. The van der Waals surface area contributed by atoms with E-state index in [-0.39, 0.29) is 29.9 Å². The van der Waals surface area contributed by atoms with Gasteiger partial charge in [0.2, 0.25) is 0 Å². The number of benzene rings is 2. The summed E-state index contributed by atoms with van der Waals surface area (Å²) in [5.74, 6) is 0.648. The normalized spacial score (nSPS) is 10.8. The van der Waals surface area contributed by atoms with Crippen molar-refractivity contribution in [2.24, 2.45) is 4.99 Å². The molecule has 164 valence electrons. The van der Waals surface area contributed by atoms with E-state index in [0.717, 1.165) is 24.2 Å². The lowest BCUT2D eigenvalue weighted by Crippen LogP contribution is -2.42. The third kappa shape index (κ3) is 7.71. The number of halogens is 1. The van der Waals surface area contributed by atoms with Crippen molar-refractivity contribution in [2.75, 3.05) is 26.7 Å². The summed E-state index contributed by atoms with van der Waals surface area (Å²) < 4.78 is 1.84. The van der Waals surface area contributed by atoms with Crippen LogP contribution in [0.4, 0.5) is 0 Å². The first-order valence-electron chi connectivity index (χ1n) is 10.0. The van der Waals surface area contributed by atoms with Crippen LogP contribution < -0.4 is 16.0 Å². The molecule has 3 rings (SSSR count). The molecule has 0 unspecified atom stereocenters. The number of carbonyl (C=O) groups excluding carboxylic acids is 1. The van der Waals surface area contributed by atoms with E-state index < -0.39 is 0 Å². The van der Waals surface area contributed by atoms with Gasteiger partial charge in [-0.2, -0.15) is 5.10 Å². The molecule has 1 aromatic heterocycles. The summed E-state index contributed by atoms with van der Waals surface area (Å²) in [7, 11) is 1.74. The summed E-state index contributed by atoms with van der Waals surface area (Å²) in [4.78, 5) is 16.4. The monoisotopic (exact) mass is 532 g/mol. The van der Waals surface area contributed by atoms with Crippen LogP contribution in [0.5, 0.6) is 0 Å². The smallest absolute Gasteiger partial charge is 0.251 e. The van der Waals surface area contributed by atoms with Crippen LogP contribution in [0.3, 0.4) is 0 Å². The molecule has 31 heavy (non-hydrogen) atoms. The minimum atomic E-state index is -0.0676. The Morgan fingerprint density at radius 1 is 1.00 bits per heavy atom. The molecule has 0 aliphatic heterocycles. The fourth-order valence-electron chi connectivity index (χ4n) is 3.03. The van der Waals surface area contributed by atoms with Gasteiger partial charge in [0.15, 0.2) is 5.96 Å². The average Bonchev–Trinajstić information content (AvgIpc) is 3.30. The number of nitrogens with one attached hydrogen (secondary N) is 3. The van der Waals surface area contributed by atoms with Crippen molar-refractivity contribution < 1.29 is 4.79 Å². The molecule has 0 aliphatic carbocycles. The molecule has 0 atom stereocenters. The predicted molar refractivity (Wildman–Crippen MR) is 136 cm³/mol. The van der Waals surface area contributed by atoms with Gasteiger partial charge in [-0.05, 0) is 49.2 Å². The standard InChI is InChI=1S/C23H28N6O.HI/c1-18-5-3-6-20(17-18)22(30)25-14-15-27-23(24-2)26-13-11-19-7-9-21(10-8-19)29-16-4-12-28-29;/h3-10,12,16-17H,11,13-15H2,1-2H3,(H,25,30)(H2,24,26,27);1H. The first-order valence-corrected chi connectivity index (χ1v) is 10.0. The largest absolute Gasteiger partial charge is 0.356 e. The van der Waals surface area contributed by atoms with Crippen molar-refractivity contribution in [3.8, 4) is 5.69 Å². The van der Waals surface area contributed by atoms with E-state index in [4.69, 9.17) is 0 Å². The molecule has 0 saturated heterocycles. The third-order valence-corrected chi connectivity index (χ3v) is 4.62. The number of aliphatic imine (C=N–C) groups is 1. The Labute approximate surface area is 200 Å². The molecule has 0 radical (unpaired) electrons. The molecule has 1 amide bonds. The summed E-state index contributed by atoms with van der Waals surface area (Å²) in [5, 5.41) is 13.7. The Kier molecular flexibility index (Phi) is 10.0. The highest BCUT2D eigenvalue weighted by molar-refractivity contribution is 14.0. The van der Waals surface area contributed by atoms with Gasteiger partial charge < -0.3 is 16.0 Å². The van der Waals surface area contributed by atoms with Gasteiger partial charge in [0.05, 0.1) is 5.69 Å². The van der Waals surface area contributed by atoms with E-state index in [9.17, 15) is 4.79 Å². The molecule has 1 heterocycles. The lowest BCUT2D eigenvalue weighted by molar-refractivity contribution is 0.0954. The summed E-state index contributed by atoms with van der Waals surface area (Å²) in [6.07, 6.45) is 4.57. The topological polar surface area (TPSA) is 83.3 Å². The Hall–Kier alpha value is -2.88. The number of amides is 1. The van der Waals surface area contributed by atoms with E-state index in [0.29, 0.717) is 24.6 Å². The summed E-state index contributed by atoms with van der Waals surface area (Å²) in [5.41, 5.74) is 4.03. The highest BCUT2D eigenvalue weighted by atomic mass is 127. The van der Waals surface area contributed by atoms with Crippen LogP contribution in [0.2, 0.25) is 0 Å². The molecule has 8 heteroatoms. The number of hydrogen-bond donors (Lipinski definition) is 3. The first-order chi connectivity index (χ1) is 14.7. The second-order valence-electron chi connectivity index (χ2n) is 6.92. The zero-order valence-corrected chi connectivity index (χ0v) is 20.2. The van der Waals surface area contributed by atoms with Gasteiger partial charge in [0.25, 0.3) is 5.91 Å². The number of aromatic nitrogens is 2. The van der Waals surface area contributed by atoms with Crippen LogP contribution in [0.25, 0.3) is 5.69 Å². The van der Waals surface area contributed by atoms with Crippen LogP contribution in [0.1, 0.15) is 21.5 Å². The van der Waals surface area contributed by atoms with E-state index in [2.05, 4.69) is 50.3 Å². The van der Waals surface area contributed by atoms with E-state index in [1.807, 2.05) is 48.1 Å². The second kappa shape index (κ2) is 12.7. The Balaban J connectivity index is 0.00000341. The maximum absolute atomic E-state index is 12.1. The van der Waals surface area contributed by atoms with Crippen molar-refractivity contribution in [1.82, 2.24) is 25.7 Å². The quantitative estimate of drug-likeness (QED) is 0.180. The zero-order chi connectivity index (χ0) is 21.2. The summed E-state index contributed by atoms with van der Waals surface area (Å²) in [6, 6.07) is 17.8. The van der Waals surface area contributed by atoms with Gasteiger partial charge in [-0.15, -0.1) is 24.0 Å². The second-order valence-corrected chi connectivity index (χ2v) is 6.92. The molecule has 0 saturated carbocycles. The Bertz CT molecular complexity index is 970. The fraction of sp³-hybridized carbons (Fsp3) is 0.261. The highest BCUT2D eigenvalue weighted by Gasteiger charge is 2.05. The molecular formula is C23H29IN6O. The van der Waals surface area contributed by atoms with Crippen molar-refractivity contribution in [3.05, 3.63) is 83.7 Å². The van der Waals surface area contributed by atoms with Crippen LogP contribution in [-0.2, 0) is 6.42 Å². The number of nitrogens with zero attached hydrogens (tertiary/aromatic N) is 3. The molecule has 0 spiro atoms. The van der Waals surface area contributed by atoms with Crippen LogP contribution in [0, 0.1) is 6.92 Å². The maximum atomic E-state index is 12.1. The lowest BCUT2D eigenvalue weighted by atomic mass is 10.1. The molecule has 3 N–H and O–H groups in total. The van der Waals surface area contributed by atoms with Crippen molar-refractivity contribution >= 4 is 35.8 Å². The molecule has 3 aromatic rings. The van der Waals surface area contributed by atoms with Crippen molar-refractivity contribution in [2.45, 2.75) is 13.3 Å².